The minimum Gasteiger partial charge on any atom is -0.479 e. The van der Waals surface area contributed by atoms with Gasteiger partial charge in [-0.05, 0) is 6.07 Å². The quantitative estimate of drug-likeness (QED) is 0.849. The van der Waals surface area contributed by atoms with Crippen LogP contribution in [0.4, 0.5) is 13.2 Å². The van der Waals surface area contributed by atoms with Gasteiger partial charge in [0.15, 0.2) is 0 Å². The second-order valence-corrected chi connectivity index (χ2v) is 3.50. The fourth-order valence-electron chi connectivity index (χ4n) is 1.17. The van der Waals surface area contributed by atoms with Crippen molar-refractivity contribution in [3.63, 3.8) is 0 Å². The summed E-state index contributed by atoms with van der Waals surface area (Å²) in [6, 6.07) is 4.69. The molecule has 0 bridgehead atoms. The standard InChI is InChI=1S/C9H7ClF3NO2/c10-6-4-2-1-3-5(6)8(14,7(15)16)9(11,12)13/h1-4H,14H2,(H,15,16). The summed E-state index contributed by atoms with van der Waals surface area (Å²) < 4.78 is 38.0. The number of carboxylic acid groups (broad SMARTS) is 1. The highest BCUT2D eigenvalue weighted by Gasteiger charge is 2.60. The van der Waals surface area contributed by atoms with Crippen molar-refractivity contribution in [1.29, 1.82) is 0 Å². The van der Waals surface area contributed by atoms with Gasteiger partial charge in [0, 0.05) is 10.6 Å². The summed E-state index contributed by atoms with van der Waals surface area (Å²) in [5.41, 5.74) is 0.753. The number of hydrogen-bond donors (Lipinski definition) is 2. The fourth-order valence-corrected chi connectivity index (χ4v) is 1.45. The summed E-state index contributed by atoms with van der Waals surface area (Å²) in [5.74, 6) is -2.20. The first-order valence-corrected chi connectivity index (χ1v) is 4.43. The third-order valence-electron chi connectivity index (χ3n) is 2.08. The van der Waals surface area contributed by atoms with Crippen LogP contribution in [0, 0.1) is 0 Å². The van der Waals surface area contributed by atoms with Crippen molar-refractivity contribution in [2.45, 2.75) is 11.7 Å². The summed E-state index contributed by atoms with van der Waals surface area (Å²) >= 11 is 5.52. The summed E-state index contributed by atoms with van der Waals surface area (Å²) in [4.78, 5) is 10.7. The van der Waals surface area contributed by atoms with Crippen molar-refractivity contribution in [2.24, 2.45) is 5.73 Å². The molecule has 7 heteroatoms. The molecule has 0 amide bonds. The Morgan fingerprint density at radius 2 is 1.81 bits per heavy atom. The van der Waals surface area contributed by atoms with E-state index in [-0.39, 0.29) is 5.02 Å². The molecule has 1 aromatic carbocycles. The zero-order chi connectivity index (χ0) is 12.6. The number of rotatable bonds is 2. The number of alkyl halides is 3. The lowest BCUT2D eigenvalue weighted by Crippen LogP contribution is -2.56. The summed E-state index contributed by atoms with van der Waals surface area (Å²) in [5, 5.41) is 8.30. The van der Waals surface area contributed by atoms with Gasteiger partial charge in [-0.15, -0.1) is 0 Å². The van der Waals surface area contributed by atoms with E-state index in [4.69, 9.17) is 22.4 Å². The Morgan fingerprint density at radius 3 is 2.19 bits per heavy atom. The van der Waals surface area contributed by atoms with Gasteiger partial charge in [-0.25, -0.2) is 4.79 Å². The zero-order valence-corrected chi connectivity index (χ0v) is 8.51. The van der Waals surface area contributed by atoms with Crippen molar-refractivity contribution < 1.29 is 23.1 Å². The minimum absolute atomic E-state index is 0.343. The van der Waals surface area contributed by atoms with Gasteiger partial charge in [0.25, 0.3) is 0 Å². The average molecular weight is 254 g/mol. The molecular formula is C9H7ClF3NO2. The molecule has 0 aliphatic heterocycles. The molecule has 1 aromatic rings. The molecule has 1 unspecified atom stereocenters. The molecule has 0 radical (unpaired) electrons. The third-order valence-corrected chi connectivity index (χ3v) is 2.41. The topological polar surface area (TPSA) is 63.3 Å². The monoisotopic (exact) mass is 253 g/mol. The van der Waals surface area contributed by atoms with Gasteiger partial charge in [0.1, 0.15) is 0 Å². The highest BCUT2D eigenvalue weighted by Crippen LogP contribution is 2.39. The molecular weight excluding hydrogens is 247 g/mol. The first-order chi connectivity index (χ1) is 7.21. The number of carboxylic acids is 1. The van der Waals surface area contributed by atoms with Gasteiger partial charge in [-0.1, -0.05) is 29.8 Å². The summed E-state index contributed by atoms with van der Waals surface area (Å²) in [6.45, 7) is 0. The Balaban J connectivity index is 3.46. The molecule has 1 atom stereocenters. The highest BCUT2D eigenvalue weighted by atomic mass is 35.5. The second kappa shape index (κ2) is 3.95. The fraction of sp³-hybridized carbons (Fsp3) is 0.222. The van der Waals surface area contributed by atoms with Crippen LogP contribution in [0.15, 0.2) is 24.3 Å². The van der Waals surface area contributed by atoms with Crippen LogP contribution in [-0.4, -0.2) is 17.3 Å². The molecule has 0 heterocycles. The number of hydrogen-bond acceptors (Lipinski definition) is 2. The lowest BCUT2D eigenvalue weighted by Gasteiger charge is -2.28. The van der Waals surface area contributed by atoms with E-state index in [0.29, 0.717) is 0 Å². The van der Waals surface area contributed by atoms with Gasteiger partial charge >= 0.3 is 12.1 Å². The normalized spacial score (nSPS) is 15.6. The van der Waals surface area contributed by atoms with Gasteiger partial charge in [0.2, 0.25) is 5.54 Å². The minimum atomic E-state index is -5.14. The first kappa shape index (κ1) is 12.8. The molecule has 88 valence electrons. The number of halogens is 4. The maximum absolute atomic E-state index is 12.7. The Bertz CT molecular complexity index is 421. The SMILES string of the molecule is NC(C(=O)O)(c1ccccc1Cl)C(F)(F)F. The molecule has 0 fully saturated rings. The Hall–Kier alpha value is -1.27. The van der Waals surface area contributed by atoms with Crippen LogP contribution in [0.2, 0.25) is 5.02 Å². The van der Waals surface area contributed by atoms with E-state index in [1.54, 1.807) is 0 Å². The van der Waals surface area contributed by atoms with Gasteiger partial charge in [-0.2, -0.15) is 13.2 Å². The van der Waals surface area contributed by atoms with Gasteiger partial charge < -0.3 is 10.8 Å². The van der Waals surface area contributed by atoms with Crippen LogP contribution in [0.5, 0.6) is 0 Å². The van der Waals surface area contributed by atoms with E-state index in [0.717, 1.165) is 12.1 Å². The number of carbonyl (C=O) groups is 1. The summed E-state index contributed by atoms with van der Waals surface area (Å²) in [7, 11) is 0. The predicted molar refractivity (Wildman–Crippen MR) is 51.0 cm³/mol. The smallest absolute Gasteiger partial charge is 0.421 e. The van der Waals surface area contributed by atoms with Crippen LogP contribution < -0.4 is 5.73 Å². The number of benzene rings is 1. The second-order valence-electron chi connectivity index (χ2n) is 3.09. The van der Waals surface area contributed by atoms with Crippen LogP contribution in [0.3, 0.4) is 0 Å². The molecule has 0 aliphatic rings. The van der Waals surface area contributed by atoms with Crippen LogP contribution in [0.1, 0.15) is 5.56 Å². The average Bonchev–Trinajstić information content (AvgIpc) is 2.15. The van der Waals surface area contributed by atoms with Crippen LogP contribution >= 0.6 is 11.6 Å². The molecule has 3 nitrogen and oxygen atoms in total. The highest BCUT2D eigenvalue weighted by molar-refractivity contribution is 6.31. The molecule has 1 rings (SSSR count). The van der Waals surface area contributed by atoms with E-state index < -0.39 is 23.2 Å². The van der Waals surface area contributed by atoms with Crippen LogP contribution in [0.25, 0.3) is 0 Å². The Kier molecular flexibility index (Phi) is 3.16. The lowest BCUT2D eigenvalue weighted by atomic mass is 9.90. The first-order valence-electron chi connectivity index (χ1n) is 4.05. The Labute approximate surface area is 93.6 Å². The van der Waals surface area contributed by atoms with E-state index in [9.17, 15) is 18.0 Å². The van der Waals surface area contributed by atoms with E-state index >= 15 is 0 Å². The third kappa shape index (κ3) is 1.85. The van der Waals surface area contributed by atoms with Gasteiger partial charge in [0.05, 0.1) is 0 Å². The number of nitrogens with two attached hydrogens (primary N) is 1. The molecule has 3 N–H and O–H groups in total. The van der Waals surface area contributed by atoms with E-state index in [1.165, 1.54) is 12.1 Å². The largest absolute Gasteiger partial charge is 0.479 e. The van der Waals surface area contributed by atoms with Crippen molar-refractivity contribution in [1.82, 2.24) is 0 Å². The maximum atomic E-state index is 12.7. The molecule has 0 aromatic heterocycles. The molecule has 0 saturated heterocycles. The van der Waals surface area contributed by atoms with Crippen molar-refractivity contribution in [2.75, 3.05) is 0 Å². The van der Waals surface area contributed by atoms with Crippen molar-refractivity contribution in [3.8, 4) is 0 Å². The molecule has 16 heavy (non-hydrogen) atoms. The molecule has 0 saturated carbocycles. The molecule has 0 spiro atoms. The van der Waals surface area contributed by atoms with Crippen molar-refractivity contribution >= 4 is 17.6 Å². The van der Waals surface area contributed by atoms with E-state index in [2.05, 4.69) is 0 Å². The maximum Gasteiger partial charge on any atom is 0.421 e. The van der Waals surface area contributed by atoms with Gasteiger partial charge in [-0.3, -0.25) is 0 Å². The van der Waals surface area contributed by atoms with E-state index in [1.807, 2.05) is 0 Å². The summed E-state index contributed by atoms with van der Waals surface area (Å²) in [6.07, 6.45) is -5.14. The zero-order valence-electron chi connectivity index (χ0n) is 7.75. The molecule has 0 aliphatic carbocycles. The predicted octanol–water partition coefficient (Wildman–Crippen LogP) is 2.14. The lowest BCUT2D eigenvalue weighted by molar-refractivity contribution is -0.204. The Morgan fingerprint density at radius 1 is 1.31 bits per heavy atom. The number of aliphatic carboxylic acids is 1. The van der Waals surface area contributed by atoms with Crippen molar-refractivity contribution in [3.05, 3.63) is 34.9 Å². The van der Waals surface area contributed by atoms with Crippen LogP contribution in [-0.2, 0) is 10.3 Å².